The lowest BCUT2D eigenvalue weighted by molar-refractivity contribution is 0.596. The Balaban J connectivity index is 3.70. The molecule has 78 valence electrons. The maximum Gasteiger partial charge on any atom is 0.240 e. The smallest absolute Gasteiger partial charge is 0.238 e. The molecule has 4 nitrogen and oxygen atoms in total. The van der Waals surface area contributed by atoms with Crippen molar-refractivity contribution in [3.8, 4) is 0 Å². The van der Waals surface area contributed by atoms with Crippen molar-refractivity contribution in [1.82, 2.24) is 4.98 Å². The van der Waals surface area contributed by atoms with Crippen LogP contribution in [0.1, 0.15) is 11.3 Å². The number of sulfonamides is 1. The summed E-state index contributed by atoms with van der Waals surface area (Å²) in [6, 6.07) is 0. The van der Waals surface area contributed by atoms with E-state index in [0.29, 0.717) is 5.56 Å². The van der Waals surface area contributed by atoms with Gasteiger partial charge in [-0.05, 0) is 19.4 Å². The molecule has 1 aromatic rings. The fourth-order valence-corrected chi connectivity index (χ4v) is 2.64. The van der Waals surface area contributed by atoms with Gasteiger partial charge in [-0.3, -0.25) is 0 Å². The van der Waals surface area contributed by atoms with E-state index in [4.69, 9.17) is 28.3 Å². The number of nitrogens with two attached hydrogens (primary N) is 1. The highest BCUT2D eigenvalue weighted by molar-refractivity contribution is 7.89. The molecular weight excluding hydrogens is 247 g/mol. The van der Waals surface area contributed by atoms with Crippen molar-refractivity contribution in [2.45, 2.75) is 18.7 Å². The first kappa shape index (κ1) is 11.7. The SMILES string of the molecule is Cc1nc(Cl)c(Cl)c(C)c1S(N)(=O)=O. The molecule has 14 heavy (non-hydrogen) atoms. The van der Waals surface area contributed by atoms with Gasteiger partial charge in [0.1, 0.15) is 10.0 Å². The molecule has 1 heterocycles. The van der Waals surface area contributed by atoms with E-state index in [1.165, 1.54) is 13.8 Å². The van der Waals surface area contributed by atoms with E-state index in [1.807, 2.05) is 0 Å². The molecule has 2 N–H and O–H groups in total. The van der Waals surface area contributed by atoms with Gasteiger partial charge in [0.05, 0.1) is 10.7 Å². The van der Waals surface area contributed by atoms with Crippen LogP contribution in [0.4, 0.5) is 0 Å². The Hall–Kier alpha value is -0.360. The quantitative estimate of drug-likeness (QED) is 0.775. The van der Waals surface area contributed by atoms with Gasteiger partial charge in [-0.25, -0.2) is 18.5 Å². The molecule has 0 aromatic carbocycles. The molecule has 1 aromatic heterocycles. The van der Waals surface area contributed by atoms with Crippen molar-refractivity contribution in [3.05, 3.63) is 21.4 Å². The lowest BCUT2D eigenvalue weighted by Gasteiger charge is -2.09. The number of primary sulfonamides is 1. The maximum atomic E-state index is 11.2. The summed E-state index contributed by atoms with van der Waals surface area (Å²) in [6.45, 7) is 3.04. The largest absolute Gasteiger partial charge is 0.240 e. The molecular formula is C7H8Cl2N2O2S. The molecule has 0 saturated heterocycles. The van der Waals surface area contributed by atoms with E-state index in [9.17, 15) is 8.42 Å². The zero-order valence-electron chi connectivity index (χ0n) is 7.51. The summed E-state index contributed by atoms with van der Waals surface area (Å²) in [7, 11) is -3.81. The highest BCUT2D eigenvalue weighted by atomic mass is 35.5. The number of hydrogen-bond acceptors (Lipinski definition) is 3. The molecule has 0 saturated carbocycles. The molecule has 0 aliphatic rings. The summed E-state index contributed by atoms with van der Waals surface area (Å²) in [6.07, 6.45) is 0. The number of aryl methyl sites for hydroxylation is 1. The Kier molecular flexibility index (Phi) is 3.06. The number of nitrogens with zero attached hydrogens (tertiary/aromatic N) is 1. The van der Waals surface area contributed by atoms with Crippen LogP contribution in [0.25, 0.3) is 0 Å². The predicted octanol–water partition coefficient (Wildman–Crippen LogP) is 1.65. The molecule has 0 atom stereocenters. The fourth-order valence-electron chi connectivity index (χ4n) is 1.19. The maximum absolute atomic E-state index is 11.2. The topological polar surface area (TPSA) is 73.0 Å². The summed E-state index contributed by atoms with van der Waals surface area (Å²) in [5.74, 6) is 0. The second kappa shape index (κ2) is 3.66. The first-order valence-electron chi connectivity index (χ1n) is 3.60. The predicted molar refractivity (Wildman–Crippen MR) is 55.1 cm³/mol. The second-order valence-electron chi connectivity index (χ2n) is 2.80. The van der Waals surface area contributed by atoms with Crippen molar-refractivity contribution in [2.24, 2.45) is 5.14 Å². The standard InChI is InChI=1S/C7H8Cl2N2O2S/c1-3-5(8)7(9)11-4(2)6(3)14(10,12)13/h1-2H3,(H2,10,12,13). The van der Waals surface area contributed by atoms with E-state index in [1.54, 1.807) is 0 Å². The van der Waals surface area contributed by atoms with Gasteiger partial charge in [-0.15, -0.1) is 0 Å². The van der Waals surface area contributed by atoms with Crippen LogP contribution in [0.2, 0.25) is 10.2 Å². The second-order valence-corrected chi connectivity index (χ2v) is 5.04. The van der Waals surface area contributed by atoms with Crippen molar-refractivity contribution in [3.63, 3.8) is 0 Å². The van der Waals surface area contributed by atoms with Crippen molar-refractivity contribution < 1.29 is 8.42 Å². The lowest BCUT2D eigenvalue weighted by Crippen LogP contribution is -2.16. The Morgan fingerprint density at radius 2 is 1.79 bits per heavy atom. The van der Waals surface area contributed by atoms with Gasteiger partial charge in [0.2, 0.25) is 10.0 Å². The molecule has 0 amide bonds. The Morgan fingerprint density at radius 1 is 1.29 bits per heavy atom. The number of pyridine rings is 1. The van der Waals surface area contributed by atoms with E-state index in [-0.39, 0.29) is 20.8 Å². The molecule has 0 unspecified atom stereocenters. The number of rotatable bonds is 1. The monoisotopic (exact) mass is 254 g/mol. The summed E-state index contributed by atoms with van der Waals surface area (Å²) in [5, 5.41) is 5.20. The zero-order chi connectivity index (χ0) is 11.1. The molecule has 1 rings (SSSR count). The van der Waals surface area contributed by atoms with E-state index in [2.05, 4.69) is 4.98 Å². The summed E-state index contributed by atoms with van der Waals surface area (Å²) >= 11 is 11.4. The lowest BCUT2D eigenvalue weighted by atomic mass is 10.2. The first-order valence-corrected chi connectivity index (χ1v) is 5.90. The average Bonchev–Trinajstić information content (AvgIpc) is 1.97. The van der Waals surface area contributed by atoms with E-state index >= 15 is 0 Å². The molecule has 0 bridgehead atoms. The number of halogens is 2. The first-order chi connectivity index (χ1) is 6.25. The van der Waals surface area contributed by atoms with Gasteiger partial charge in [-0.2, -0.15) is 0 Å². The van der Waals surface area contributed by atoms with Crippen LogP contribution in [0, 0.1) is 13.8 Å². The fraction of sp³-hybridized carbons (Fsp3) is 0.286. The third-order valence-electron chi connectivity index (χ3n) is 1.73. The molecule has 0 aliphatic heterocycles. The van der Waals surface area contributed by atoms with Crippen molar-refractivity contribution in [1.29, 1.82) is 0 Å². The third-order valence-corrected chi connectivity index (χ3v) is 3.73. The molecule has 0 fully saturated rings. The molecule has 0 aliphatic carbocycles. The van der Waals surface area contributed by atoms with E-state index in [0.717, 1.165) is 0 Å². The van der Waals surface area contributed by atoms with Crippen molar-refractivity contribution in [2.75, 3.05) is 0 Å². The van der Waals surface area contributed by atoms with Gasteiger partial charge in [0.25, 0.3) is 0 Å². The van der Waals surface area contributed by atoms with Gasteiger partial charge >= 0.3 is 0 Å². The number of aromatic nitrogens is 1. The zero-order valence-corrected chi connectivity index (χ0v) is 9.83. The summed E-state index contributed by atoms with van der Waals surface area (Å²) < 4.78 is 22.3. The van der Waals surface area contributed by atoms with Gasteiger partial charge in [0, 0.05) is 0 Å². The Labute approximate surface area is 92.1 Å². The number of hydrogen-bond donors (Lipinski definition) is 1. The van der Waals surface area contributed by atoms with Crippen molar-refractivity contribution >= 4 is 33.2 Å². The third kappa shape index (κ3) is 2.00. The minimum Gasteiger partial charge on any atom is -0.238 e. The minimum atomic E-state index is -3.81. The van der Waals surface area contributed by atoms with Crippen LogP contribution >= 0.6 is 23.2 Å². The Bertz CT molecular complexity index is 485. The average molecular weight is 255 g/mol. The highest BCUT2D eigenvalue weighted by Crippen LogP contribution is 2.29. The normalized spacial score (nSPS) is 11.8. The molecule has 0 spiro atoms. The van der Waals surface area contributed by atoms with Gasteiger partial charge in [0.15, 0.2) is 0 Å². The van der Waals surface area contributed by atoms with Crippen LogP contribution < -0.4 is 5.14 Å². The van der Waals surface area contributed by atoms with Gasteiger partial charge in [-0.1, -0.05) is 23.2 Å². The van der Waals surface area contributed by atoms with Crippen LogP contribution in [0.3, 0.4) is 0 Å². The summed E-state index contributed by atoms with van der Waals surface area (Å²) in [4.78, 5) is 3.71. The minimum absolute atomic E-state index is 0.0631. The van der Waals surface area contributed by atoms with Gasteiger partial charge < -0.3 is 0 Å². The molecule has 0 radical (unpaired) electrons. The van der Waals surface area contributed by atoms with Crippen LogP contribution in [0.5, 0.6) is 0 Å². The summed E-state index contributed by atoms with van der Waals surface area (Å²) in [5.41, 5.74) is 0.575. The van der Waals surface area contributed by atoms with Crippen LogP contribution in [0.15, 0.2) is 4.90 Å². The van der Waals surface area contributed by atoms with Crippen LogP contribution in [-0.4, -0.2) is 13.4 Å². The van der Waals surface area contributed by atoms with E-state index < -0.39 is 10.0 Å². The highest BCUT2D eigenvalue weighted by Gasteiger charge is 2.20. The Morgan fingerprint density at radius 3 is 2.21 bits per heavy atom. The molecule has 7 heteroatoms. The van der Waals surface area contributed by atoms with Crippen LogP contribution in [-0.2, 0) is 10.0 Å².